The van der Waals surface area contributed by atoms with Crippen LogP contribution >= 0.6 is 0 Å². The minimum absolute atomic E-state index is 0.0641. The molecule has 5 heteroatoms. The van der Waals surface area contributed by atoms with Crippen molar-refractivity contribution in [2.24, 2.45) is 7.05 Å². The lowest BCUT2D eigenvalue weighted by molar-refractivity contribution is 0.0685. The summed E-state index contributed by atoms with van der Waals surface area (Å²) < 4.78 is 6.06. The van der Waals surface area contributed by atoms with Gasteiger partial charge in [0.15, 0.2) is 5.75 Å². The molecule has 1 N–H and O–H groups in total. The minimum atomic E-state index is -1.14. The van der Waals surface area contributed by atoms with Crippen molar-refractivity contribution >= 4 is 5.97 Å². The second-order valence-corrected chi connectivity index (χ2v) is 2.51. The second-order valence-electron chi connectivity index (χ2n) is 2.51. The Labute approximate surface area is 74.2 Å². The van der Waals surface area contributed by atoms with Crippen molar-refractivity contribution in [2.45, 2.75) is 0 Å². The Morgan fingerprint density at radius 2 is 2.23 bits per heavy atom. The molecule has 0 aliphatic carbocycles. The summed E-state index contributed by atoms with van der Waals surface area (Å²) in [5.41, 5.74) is -0.496. The van der Waals surface area contributed by atoms with Crippen LogP contribution in [0.2, 0.25) is 0 Å². The van der Waals surface area contributed by atoms with E-state index in [2.05, 4.69) is 0 Å². The van der Waals surface area contributed by atoms with Gasteiger partial charge in [0.1, 0.15) is 5.69 Å². The van der Waals surface area contributed by atoms with Crippen LogP contribution in [-0.4, -0.2) is 22.8 Å². The molecular formula is C8H9NO4. The standard InChI is InChI=1S/C8H9NO4/c1-9-4-7(13-2)6(10)3-5(9)8(11)12/h3-4H,1-2H3,(H,11,12). The maximum Gasteiger partial charge on any atom is 0.352 e. The summed E-state index contributed by atoms with van der Waals surface area (Å²) in [6.07, 6.45) is 1.34. The van der Waals surface area contributed by atoms with Gasteiger partial charge in [-0.05, 0) is 0 Å². The van der Waals surface area contributed by atoms with Crippen LogP contribution in [0, 0.1) is 0 Å². The van der Waals surface area contributed by atoms with E-state index < -0.39 is 11.4 Å². The van der Waals surface area contributed by atoms with Crippen molar-refractivity contribution in [3.8, 4) is 5.75 Å². The smallest absolute Gasteiger partial charge is 0.352 e. The first-order valence-corrected chi connectivity index (χ1v) is 3.54. The minimum Gasteiger partial charge on any atom is -0.491 e. The van der Waals surface area contributed by atoms with E-state index >= 15 is 0 Å². The van der Waals surface area contributed by atoms with Crippen LogP contribution in [0.15, 0.2) is 17.1 Å². The second kappa shape index (κ2) is 3.30. The Bertz CT molecular complexity index is 394. The predicted octanol–water partition coefficient (Wildman–Crippen LogP) is 0.0921. The zero-order valence-corrected chi connectivity index (χ0v) is 7.27. The van der Waals surface area contributed by atoms with E-state index in [1.807, 2.05) is 0 Å². The fourth-order valence-corrected chi connectivity index (χ4v) is 0.972. The van der Waals surface area contributed by atoms with Crippen LogP contribution in [0.25, 0.3) is 0 Å². The summed E-state index contributed by atoms with van der Waals surface area (Å²) >= 11 is 0. The number of aromatic nitrogens is 1. The van der Waals surface area contributed by atoms with Gasteiger partial charge in [0.2, 0.25) is 5.43 Å². The fraction of sp³-hybridized carbons (Fsp3) is 0.250. The van der Waals surface area contributed by atoms with Crippen molar-refractivity contribution < 1.29 is 14.6 Å². The Balaban J connectivity index is 3.37. The first-order valence-electron chi connectivity index (χ1n) is 3.54. The molecular weight excluding hydrogens is 174 g/mol. The summed E-state index contributed by atoms with van der Waals surface area (Å²) in [5.74, 6) is -1.00. The molecule has 0 saturated heterocycles. The first-order chi connectivity index (χ1) is 6.06. The Hall–Kier alpha value is -1.78. The third kappa shape index (κ3) is 1.69. The third-order valence-corrected chi connectivity index (χ3v) is 1.64. The van der Waals surface area contributed by atoms with Crippen molar-refractivity contribution in [3.05, 3.63) is 28.2 Å². The van der Waals surface area contributed by atoms with Gasteiger partial charge in [-0.25, -0.2) is 4.79 Å². The highest BCUT2D eigenvalue weighted by Crippen LogP contribution is 2.03. The van der Waals surface area contributed by atoms with Crippen LogP contribution in [0.3, 0.4) is 0 Å². The molecule has 1 aromatic heterocycles. The summed E-state index contributed by atoms with van der Waals surface area (Å²) in [6.45, 7) is 0. The molecule has 0 aliphatic rings. The molecule has 0 saturated carbocycles. The van der Waals surface area contributed by atoms with E-state index in [9.17, 15) is 9.59 Å². The molecule has 0 unspecified atom stereocenters. The van der Waals surface area contributed by atoms with Gasteiger partial charge in [-0.2, -0.15) is 0 Å². The van der Waals surface area contributed by atoms with Gasteiger partial charge in [-0.1, -0.05) is 0 Å². The number of methoxy groups -OCH3 is 1. The number of carboxylic acids is 1. The maximum absolute atomic E-state index is 11.1. The normalized spacial score (nSPS) is 9.69. The molecule has 0 fully saturated rings. The SMILES string of the molecule is COc1cn(C)c(C(=O)O)cc1=O. The van der Waals surface area contributed by atoms with Gasteiger partial charge in [0, 0.05) is 13.1 Å². The van der Waals surface area contributed by atoms with E-state index in [1.54, 1.807) is 0 Å². The highest BCUT2D eigenvalue weighted by molar-refractivity contribution is 5.85. The van der Waals surface area contributed by atoms with Crippen LogP contribution in [0.1, 0.15) is 10.5 Å². The number of ether oxygens (including phenoxy) is 1. The summed E-state index contributed by atoms with van der Waals surface area (Å²) in [5, 5.41) is 8.65. The molecule has 0 radical (unpaired) electrons. The molecule has 0 spiro atoms. The summed E-state index contributed by atoms with van der Waals surface area (Å²) in [4.78, 5) is 21.7. The Morgan fingerprint density at radius 3 is 2.69 bits per heavy atom. The number of carbonyl (C=O) groups is 1. The Kier molecular flexibility index (Phi) is 2.36. The van der Waals surface area contributed by atoms with Crippen molar-refractivity contribution in [3.63, 3.8) is 0 Å². The van der Waals surface area contributed by atoms with Crippen molar-refractivity contribution in [1.82, 2.24) is 4.57 Å². The maximum atomic E-state index is 11.1. The summed E-state index contributed by atoms with van der Waals surface area (Å²) in [7, 11) is 2.89. The lowest BCUT2D eigenvalue weighted by atomic mass is 10.3. The summed E-state index contributed by atoms with van der Waals surface area (Å²) in [6, 6.07) is 1.03. The van der Waals surface area contributed by atoms with E-state index in [1.165, 1.54) is 24.9 Å². The topological polar surface area (TPSA) is 68.5 Å². The number of carboxylic acid groups (broad SMARTS) is 1. The quantitative estimate of drug-likeness (QED) is 0.705. The van der Waals surface area contributed by atoms with Gasteiger partial charge < -0.3 is 14.4 Å². The van der Waals surface area contributed by atoms with Gasteiger partial charge in [-0.3, -0.25) is 4.79 Å². The average molecular weight is 183 g/mol. The average Bonchev–Trinajstić information content (AvgIpc) is 2.07. The van der Waals surface area contributed by atoms with E-state index in [0.29, 0.717) is 0 Å². The molecule has 0 atom stereocenters. The Morgan fingerprint density at radius 1 is 1.62 bits per heavy atom. The third-order valence-electron chi connectivity index (χ3n) is 1.64. The molecule has 1 aromatic rings. The van der Waals surface area contributed by atoms with Crippen LogP contribution in [0.4, 0.5) is 0 Å². The highest BCUT2D eigenvalue weighted by atomic mass is 16.5. The molecule has 0 amide bonds. The van der Waals surface area contributed by atoms with E-state index in [0.717, 1.165) is 6.07 Å². The number of aromatic carboxylic acids is 1. The monoisotopic (exact) mass is 183 g/mol. The highest BCUT2D eigenvalue weighted by Gasteiger charge is 2.09. The molecule has 0 aliphatic heterocycles. The van der Waals surface area contributed by atoms with Crippen molar-refractivity contribution in [1.29, 1.82) is 0 Å². The fourth-order valence-electron chi connectivity index (χ4n) is 0.972. The van der Waals surface area contributed by atoms with Gasteiger partial charge >= 0.3 is 5.97 Å². The molecule has 1 rings (SSSR count). The number of hydrogen-bond donors (Lipinski definition) is 1. The largest absolute Gasteiger partial charge is 0.491 e. The van der Waals surface area contributed by atoms with Gasteiger partial charge in [0.05, 0.1) is 13.3 Å². The van der Waals surface area contributed by atoms with E-state index in [4.69, 9.17) is 9.84 Å². The van der Waals surface area contributed by atoms with Crippen LogP contribution < -0.4 is 10.2 Å². The van der Waals surface area contributed by atoms with E-state index in [-0.39, 0.29) is 11.4 Å². The molecule has 70 valence electrons. The molecule has 0 bridgehead atoms. The first kappa shape index (κ1) is 9.31. The molecule has 1 heterocycles. The van der Waals surface area contributed by atoms with Crippen LogP contribution in [0.5, 0.6) is 5.75 Å². The number of nitrogens with zero attached hydrogens (tertiary/aromatic N) is 1. The molecule has 0 aromatic carbocycles. The number of pyridine rings is 1. The molecule has 5 nitrogen and oxygen atoms in total. The molecule has 13 heavy (non-hydrogen) atoms. The van der Waals surface area contributed by atoms with Crippen LogP contribution in [-0.2, 0) is 7.05 Å². The lowest BCUT2D eigenvalue weighted by Crippen LogP contribution is -2.15. The zero-order valence-electron chi connectivity index (χ0n) is 7.27. The lowest BCUT2D eigenvalue weighted by Gasteiger charge is -2.05. The number of hydrogen-bond acceptors (Lipinski definition) is 3. The van der Waals surface area contributed by atoms with Crippen molar-refractivity contribution in [2.75, 3.05) is 7.11 Å². The zero-order chi connectivity index (χ0) is 10.0. The van der Waals surface area contributed by atoms with Gasteiger partial charge in [-0.15, -0.1) is 0 Å². The van der Waals surface area contributed by atoms with Gasteiger partial charge in [0.25, 0.3) is 0 Å². The number of aryl methyl sites for hydroxylation is 1. The number of rotatable bonds is 2. The predicted molar refractivity (Wildman–Crippen MR) is 45.2 cm³/mol.